The van der Waals surface area contributed by atoms with E-state index in [-0.39, 0.29) is 17.2 Å². The lowest BCUT2D eigenvalue weighted by Crippen LogP contribution is -2.23. The van der Waals surface area contributed by atoms with Crippen molar-refractivity contribution in [2.75, 3.05) is 4.43 Å². The minimum atomic E-state index is -0.131. The highest BCUT2D eigenvalue weighted by Crippen LogP contribution is 2.23. The van der Waals surface area contributed by atoms with E-state index in [1.54, 1.807) is 22.1 Å². The van der Waals surface area contributed by atoms with Crippen LogP contribution < -0.4 is 11.1 Å². The Hall–Kier alpha value is -1.18. The topological polar surface area (TPSA) is 56.9 Å². The number of hydrogen-bond acceptors (Lipinski definition) is 3. The molecule has 0 amide bonds. The van der Waals surface area contributed by atoms with Crippen LogP contribution in [0.25, 0.3) is 11.2 Å². The summed E-state index contributed by atoms with van der Waals surface area (Å²) in [5.74, 6) is 0. The van der Waals surface area contributed by atoms with Crippen molar-refractivity contribution in [2.45, 2.75) is 19.5 Å². The number of nitrogens with zero attached hydrogens (tertiary/aromatic N) is 3. The lowest BCUT2D eigenvalue weighted by molar-refractivity contribution is 0.540. The van der Waals surface area contributed by atoms with Crippen molar-refractivity contribution >= 4 is 33.8 Å². The number of aromatic nitrogens is 3. The van der Waals surface area contributed by atoms with Crippen molar-refractivity contribution in [3.05, 3.63) is 38.5 Å². The summed E-state index contributed by atoms with van der Waals surface area (Å²) in [5.41, 5.74) is 1.90. The molecule has 3 heterocycles. The lowest BCUT2D eigenvalue weighted by Gasteiger charge is -2.08. The van der Waals surface area contributed by atoms with Crippen LogP contribution in [-0.4, -0.2) is 18.5 Å². The molecule has 0 saturated carbocycles. The quantitative estimate of drug-likeness (QED) is 0.570. The molecule has 0 aliphatic carbocycles. The van der Waals surface area contributed by atoms with E-state index >= 15 is 0 Å². The Bertz CT molecular complexity index is 732. The third kappa shape index (κ3) is 1.39. The zero-order valence-corrected chi connectivity index (χ0v) is 11.3. The number of rotatable bonds is 1. The fourth-order valence-corrected chi connectivity index (χ4v) is 3.02. The summed E-state index contributed by atoms with van der Waals surface area (Å²) >= 11 is 2.24. The summed E-state index contributed by atoms with van der Waals surface area (Å²) in [6, 6.07) is 1.81. The van der Waals surface area contributed by atoms with E-state index in [1.165, 1.54) is 6.20 Å². The van der Waals surface area contributed by atoms with Crippen LogP contribution in [0.1, 0.15) is 11.6 Å². The number of aryl methyl sites for hydroxylation is 1. The van der Waals surface area contributed by atoms with Gasteiger partial charge < -0.3 is 0 Å². The minimum absolute atomic E-state index is 0.0222. The fourth-order valence-electron chi connectivity index (χ4n) is 2.35. The van der Waals surface area contributed by atoms with Gasteiger partial charge in [0, 0.05) is 16.5 Å². The first-order valence-corrected chi connectivity index (χ1v) is 6.83. The molecule has 2 aromatic rings. The summed E-state index contributed by atoms with van der Waals surface area (Å²) in [6.45, 7) is 2.35. The van der Waals surface area contributed by atoms with Gasteiger partial charge in [0.15, 0.2) is 0 Å². The lowest BCUT2D eigenvalue weighted by atomic mass is 10.3. The summed E-state index contributed by atoms with van der Waals surface area (Å²) in [7, 11) is 0. The molecule has 1 aliphatic heterocycles. The Morgan fingerprint density at radius 1 is 1.53 bits per heavy atom. The molecule has 0 N–H and O–H groups in total. The molecule has 0 fully saturated rings. The molecular formula is C11H10IN3O2. The van der Waals surface area contributed by atoms with Crippen LogP contribution >= 0.6 is 22.6 Å². The highest BCUT2D eigenvalue weighted by atomic mass is 127. The molecule has 88 valence electrons. The van der Waals surface area contributed by atoms with Gasteiger partial charge in [0.05, 0.1) is 12.2 Å². The smallest absolute Gasteiger partial charge is 0.270 e. The molecule has 1 aliphatic rings. The molecule has 0 radical (unpaired) electrons. The second-order valence-electron chi connectivity index (χ2n) is 4.23. The van der Waals surface area contributed by atoms with Gasteiger partial charge in [0.25, 0.3) is 11.1 Å². The van der Waals surface area contributed by atoms with E-state index in [9.17, 15) is 9.59 Å². The maximum absolute atomic E-state index is 12.0. The maximum Gasteiger partial charge on any atom is 0.270 e. The maximum atomic E-state index is 12.0. The molecule has 17 heavy (non-hydrogen) atoms. The Morgan fingerprint density at radius 2 is 2.29 bits per heavy atom. The van der Waals surface area contributed by atoms with Crippen LogP contribution in [0.4, 0.5) is 0 Å². The number of halogens is 1. The zero-order chi connectivity index (χ0) is 12.2. The Labute approximate surface area is 110 Å². The summed E-state index contributed by atoms with van der Waals surface area (Å²) < 4.78 is 4.16. The third-order valence-electron chi connectivity index (χ3n) is 3.14. The van der Waals surface area contributed by atoms with E-state index < -0.39 is 0 Å². The van der Waals surface area contributed by atoms with Crippen LogP contribution in [0.3, 0.4) is 0 Å². The highest BCUT2D eigenvalue weighted by molar-refractivity contribution is 14.1. The second kappa shape index (κ2) is 3.66. The standard InChI is InChI=1S/C11H10IN3O2/c1-6-2-8-10-14(11(6)17)5-7(3-12)15(10)9(16)4-13-8/h2,4,7H,3,5H2,1H3. The van der Waals surface area contributed by atoms with Crippen LogP contribution in [0.15, 0.2) is 21.9 Å². The van der Waals surface area contributed by atoms with Gasteiger partial charge in [-0.2, -0.15) is 0 Å². The van der Waals surface area contributed by atoms with Gasteiger partial charge in [-0.05, 0) is 13.0 Å². The molecule has 0 aromatic carbocycles. The molecule has 0 bridgehead atoms. The summed E-state index contributed by atoms with van der Waals surface area (Å²) in [4.78, 5) is 28.0. The van der Waals surface area contributed by atoms with Crippen molar-refractivity contribution < 1.29 is 0 Å². The van der Waals surface area contributed by atoms with Gasteiger partial charge in [-0.3, -0.25) is 18.7 Å². The molecular weight excluding hydrogens is 333 g/mol. The van der Waals surface area contributed by atoms with E-state index in [4.69, 9.17) is 0 Å². The van der Waals surface area contributed by atoms with E-state index in [0.717, 1.165) is 4.43 Å². The molecule has 3 rings (SSSR count). The van der Waals surface area contributed by atoms with Gasteiger partial charge in [-0.1, -0.05) is 22.6 Å². The van der Waals surface area contributed by atoms with Crippen LogP contribution in [0.5, 0.6) is 0 Å². The van der Waals surface area contributed by atoms with Crippen molar-refractivity contribution in [3.63, 3.8) is 0 Å². The minimum Gasteiger partial charge on any atom is -0.290 e. The molecule has 5 nitrogen and oxygen atoms in total. The Balaban J connectivity index is 2.55. The Morgan fingerprint density at radius 3 is 3.00 bits per heavy atom. The first-order valence-electron chi connectivity index (χ1n) is 5.31. The van der Waals surface area contributed by atoms with Gasteiger partial charge in [-0.15, -0.1) is 0 Å². The monoisotopic (exact) mass is 343 g/mol. The van der Waals surface area contributed by atoms with Crippen LogP contribution in [-0.2, 0) is 6.54 Å². The second-order valence-corrected chi connectivity index (χ2v) is 5.11. The average Bonchev–Trinajstić information content (AvgIpc) is 2.71. The molecule has 1 atom stereocenters. The molecule has 0 saturated heterocycles. The summed E-state index contributed by atoms with van der Waals surface area (Å²) in [5, 5.41) is 0. The SMILES string of the molecule is Cc1cc2ncc(=O)n3c2n(c1=O)CC3CI. The first-order chi connectivity index (χ1) is 8.13. The van der Waals surface area contributed by atoms with Crippen LogP contribution in [0, 0.1) is 6.92 Å². The highest BCUT2D eigenvalue weighted by Gasteiger charge is 2.26. The number of alkyl halides is 1. The fraction of sp³-hybridized carbons (Fsp3) is 0.364. The molecule has 0 spiro atoms. The van der Waals surface area contributed by atoms with E-state index in [0.29, 0.717) is 23.3 Å². The molecule has 2 aromatic heterocycles. The molecule has 6 heteroatoms. The molecule has 1 unspecified atom stereocenters. The van der Waals surface area contributed by atoms with Crippen molar-refractivity contribution in [1.82, 2.24) is 14.1 Å². The van der Waals surface area contributed by atoms with Crippen LogP contribution in [0.2, 0.25) is 0 Å². The van der Waals surface area contributed by atoms with Gasteiger partial charge in [-0.25, -0.2) is 4.98 Å². The van der Waals surface area contributed by atoms with Crippen molar-refractivity contribution in [1.29, 1.82) is 0 Å². The average molecular weight is 343 g/mol. The third-order valence-corrected chi connectivity index (χ3v) is 4.15. The summed E-state index contributed by atoms with van der Waals surface area (Å²) in [6.07, 6.45) is 1.33. The van der Waals surface area contributed by atoms with Gasteiger partial charge in [0.2, 0.25) is 0 Å². The zero-order valence-electron chi connectivity index (χ0n) is 9.18. The van der Waals surface area contributed by atoms with E-state index in [2.05, 4.69) is 27.6 Å². The number of pyridine rings is 1. The predicted molar refractivity (Wildman–Crippen MR) is 72.9 cm³/mol. The van der Waals surface area contributed by atoms with Crippen molar-refractivity contribution in [2.24, 2.45) is 0 Å². The van der Waals surface area contributed by atoms with E-state index in [1.807, 2.05) is 0 Å². The van der Waals surface area contributed by atoms with Crippen molar-refractivity contribution in [3.8, 4) is 0 Å². The first kappa shape index (κ1) is 10.9. The van der Waals surface area contributed by atoms with Gasteiger partial charge >= 0.3 is 0 Å². The normalized spacial score (nSPS) is 17.9. The predicted octanol–water partition coefficient (Wildman–Crippen LogP) is 0.856. The van der Waals surface area contributed by atoms with Gasteiger partial charge in [0.1, 0.15) is 11.2 Å². The largest absolute Gasteiger partial charge is 0.290 e. The number of hydrogen-bond donors (Lipinski definition) is 0. The Kier molecular flexibility index (Phi) is 2.35.